The van der Waals surface area contributed by atoms with Crippen molar-refractivity contribution >= 4 is 48.9 Å². The van der Waals surface area contributed by atoms with Gasteiger partial charge in [-0.1, -0.05) is 146 Å². The lowest BCUT2D eigenvalue weighted by Gasteiger charge is -2.22. The van der Waals surface area contributed by atoms with Crippen LogP contribution in [0.4, 0.5) is 0 Å². The lowest BCUT2D eigenvalue weighted by molar-refractivity contribution is 0.840. The van der Waals surface area contributed by atoms with E-state index in [4.69, 9.17) is 24.9 Å². The van der Waals surface area contributed by atoms with Gasteiger partial charge in [-0.3, -0.25) is 0 Å². The van der Waals surface area contributed by atoms with Crippen LogP contribution in [0, 0.1) is 42.4 Å². The standard InChI is InChI=1S/C57H37N7/c1-34-49-45-15-9-10-16-47(45)60-53(39-21-17-36(32-58)18-22-39)51(49)35(2)50-46-30-29-44(31-48(46)61-54(52(34)50)40-23-19-37(33-59)20-24-40)38-25-27-43(28-26-38)57-63-55(41-11-5-3-6-12-41)62-56(64-57)42-13-7-4-8-14-42/h3-17,19-31,36H,18H2,1-2H3. The number of fused-ring (bicyclic) bond motifs is 6. The molecule has 0 radical (unpaired) electrons. The molecule has 11 rings (SSSR count). The van der Waals surface area contributed by atoms with Crippen molar-refractivity contribution in [2.75, 3.05) is 0 Å². The minimum Gasteiger partial charge on any atom is -0.247 e. The van der Waals surface area contributed by atoms with Crippen LogP contribution in [-0.2, 0) is 0 Å². The Labute approximate surface area is 370 Å². The van der Waals surface area contributed by atoms with Gasteiger partial charge in [-0.15, -0.1) is 0 Å². The summed E-state index contributed by atoms with van der Waals surface area (Å²) >= 11 is 0. The van der Waals surface area contributed by atoms with E-state index < -0.39 is 0 Å². The van der Waals surface area contributed by atoms with E-state index >= 15 is 0 Å². The van der Waals surface area contributed by atoms with Crippen molar-refractivity contribution in [1.82, 2.24) is 24.9 Å². The average Bonchev–Trinajstić information content (AvgIpc) is 3.37. The van der Waals surface area contributed by atoms with Crippen LogP contribution in [0.2, 0.25) is 0 Å². The fourth-order valence-corrected chi connectivity index (χ4v) is 9.18. The van der Waals surface area contributed by atoms with Crippen LogP contribution in [0.15, 0.2) is 170 Å². The van der Waals surface area contributed by atoms with Crippen molar-refractivity contribution in [2.45, 2.75) is 20.3 Å². The quantitative estimate of drug-likeness (QED) is 0.121. The topological polar surface area (TPSA) is 112 Å². The molecule has 0 N–H and O–H groups in total. The van der Waals surface area contributed by atoms with Crippen LogP contribution in [0.25, 0.3) is 105 Å². The number of nitriles is 2. The molecule has 7 heteroatoms. The van der Waals surface area contributed by atoms with E-state index in [9.17, 15) is 10.5 Å². The van der Waals surface area contributed by atoms with Crippen molar-refractivity contribution in [3.05, 3.63) is 192 Å². The number of allylic oxidation sites excluding steroid dienone is 4. The van der Waals surface area contributed by atoms with Crippen LogP contribution in [0.5, 0.6) is 0 Å². The molecule has 1 unspecified atom stereocenters. The summed E-state index contributed by atoms with van der Waals surface area (Å²) in [5.41, 5.74) is 13.1. The van der Waals surface area contributed by atoms with Crippen molar-refractivity contribution in [2.24, 2.45) is 5.92 Å². The number of pyridine rings is 2. The first-order valence-electron chi connectivity index (χ1n) is 21.3. The zero-order valence-electron chi connectivity index (χ0n) is 35.1. The van der Waals surface area contributed by atoms with Crippen molar-refractivity contribution in [3.8, 4) is 68.7 Å². The van der Waals surface area contributed by atoms with Crippen LogP contribution in [0.3, 0.4) is 0 Å². The number of hydrogen-bond donors (Lipinski definition) is 0. The fraction of sp³-hybridized carbons (Fsp3) is 0.0702. The zero-order chi connectivity index (χ0) is 43.3. The molecule has 0 amide bonds. The van der Waals surface area contributed by atoms with Crippen LogP contribution >= 0.6 is 0 Å². The highest BCUT2D eigenvalue weighted by Gasteiger charge is 2.24. The molecule has 3 heterocycles. The first-order chi connectivity index (χ1) is 31.4. The minimum absolute atomic E-state index is 0.154. The number of hydrogen-bond acceptors (Lipinski definition) is 7. The highest BCUT2D eigenvalue weighted by atomic mass is 15.0. The molecular weight excluding hydrogens is 783 g/mol. The van der Waals surface area contributed by atoms with E-state index in [-0.39, 0.29) is 5.92 Å². The summed E-state index contributed by atoms with van der Waals surface area (Å²) in [5.74, 6) is 1.68. The first-order valence-corrected chi connectivity index (χ1v) is 21.3. The molecule has 1 atom stereocenters. The Balaban J connectivity index is 1.10. The summed E-state index contributed by atoms with van der Waals surface area (Å²) in [7, 11) is 0. The first kappa shape index (κ1) is 38.3. The Morgan fingerprint density at radius 2 is 0.984 bits per heavy atom. The van der Waals surface area contributed by atoms with E-state index in [0.717, 1.165) is 105 Å². The van der Waals surface area contributed by atoms with Gasteiger partial charge in [-0.05, 0) is 83.1 Å². The van der Waals surface area contributed by atoms with Gasteiger partial charge < -0.3 is 0 Å². The van der Waals surface area contributed by atoms with Crippen molar-refractivity contribution < 1.29 is 0 Å². The number of aryl methyl sites for hydroxylation is 2. The Morgan fingerprint density at radius 1 is 0.469 bits per heavy atom. The Kier molecular flexibility index (Phi) is 9.38. The van der Waals surface area contributed by atoms with Gasteiger partial charge in [0.2, 0.25) is 0 Å². The monoisotopic (exact) mass is 819 g/mol. The number of nitrogens with zero attached hydrogens (tertiary/aromatic N) is 7. The predicted molar refractivity (Wildman–Crippen MR) is 258 cm³/mol. The summed E-state index contributed by atoms with van der Waals surface area (Å²) in [6.07, 6.45) is 6.84. The van der Waals surface area contributed by atoms with E-state index in [1.807, 2.05) is 97.1 Å². The number of aromatic nitrogens is 5. The maximum atomic E-state index is 9.71. The second-order valence-electron chi connectivity index (χ2n) is 16.2. The maximum absolute atomic E-state index is 9.71. The third-order valence-corrected chi connectivity index (χ3v) is 12.4. The lowest BCUT2D eigenvalue weighted by Crippen LogP contribution is -2.03. The third kappa shape index (κ3) is 6.55. The van der Waals surface area contributed by atoms with Crippen LogP contribution in [0.1, 0.15) is 28.8 Å². The lowest BCUT2D eigenvalue weighted by atomic mass is 9.84. The molecule has 0 saturated carbocycles. The average molecular weight is 820 g/mol. The maximum Gasteiger partial charge on any atom is 0.164 e. The molecule has 7 nitrogen and oxygen atoms in total. The number of rotatable bonds is 6. The smallest absolute Gasteiger partial charge is 0.164 e. The zero-order valence-corrected chi connectivity index (χ0v) is 35.1. The highest BCUT2D eigenvalue weighted by molar-refractivity contribution is 6.25. The van der Waals surface area contributed by atoms with Crippen molar-refractivity contribution in [1.29, 1.82) is 10.5 Å². The van der Waals surface area contributed by atoms with Gasteiger partial charge in [-0.2, -0.15) is 10.5 Å². The summed E-state index contributed by atoms with van der Waals surface area (Å²) in [6, 6.07) is 55.6. The van der Waals surface area contributed by atoms with Gasteiger partial charge in [0.25, 0.3) is 0 Å². The normalized spacial score (nSPS) is 13.6. The molecule has 10 aromatic rings. The number of para-hydroxylation sites is 1. The van der Waals surface area contributed by atoms with E-state index in [0.29, 0.717) is 29.5 Å². The molecule has 1 aliphatic carbocycles. The Bertz CT molecular complexity index is 3600. The van der Waals surface area contributed by atoms with Crippen LogP contribution < -0.4 is 0 Å². The summed E-state index contributed by atoms with van der Waals surface area (Å²) in [4.78, 5) is 25.6. The van der Waals surface area contributed by atoms with E-state index in [2.05, 4.69) is 98.8 Å². The largest absolute Gasteiger partial charge is 0.247 e. The minimum atomic E-state index is -0.154. The molecule has 1 aliphatic rings. The molecule has 300 valence electrons. The van der Waals surface area contributed by atoms with Crippen molar-refractivity contribution in [3.63, 3.8) is 0 Å². The van der Waals surface area contributed by atoms with Gasteiger partial charge in [0, 0.05) is 43.8 Å². The molecule has 64 heavy (non-hydrogen) atoms. The van der Waals surface area contributed by atoms with E-state index in [1.54, 1.807) is 0 Å². The van der Waals surface area contributed by atoms with E-state index in [1.165, 1.54) is 0 Å². The molecule has 0 fully saturated rings. The molecule has 0 bridgehead atoms. The van der Waals surface area contributed by atoms with Gasteiger partial charge in [0.15, 0.2) is 17.5 Å². The molecule has 0 spiro atoms. The van der Waals surface area contributed by atoms with Gasteiger partial charge in [-0.25, -0.2) is 24.9 Å². The summed E-state index contributed by atoms with van der Waals surface area (Å²) in [5, 5.41) is 25.9. The van der Waals surface area contributed by atoms with Crippen LogP contribution in [-0.4, -0.2) is 24.9 Å². The van der Waals surface area contributed by atoms with Gasteiger partial charge in [0.05, 0.1) is 46.0 Å². The number of benzene rings is 7. The summed E-state index contributed by atoms with van der Waals surface area (Å²) in [6.45, 7) is 4.41. The summed E-state index contributed by atoms with van der Waals surface area (Å²) < 4.78 is 0. The Hall–Kier alpha value is -8.65. The molecule has 3 aromatic heterocycles. The van der Waals surface area contributed by atoms with Gasteiger partial charge in [0.1, 0.15) is 0 Å². The molecule has 7 aromatic carbocycles. The second kappa shape index (κ2) is 15.7. The molecule has 0 aliphatic heterocycles. The molecule has 0 saturated heterocycles. The fourth-order valence-electron chi connectivity index (χ4n) is 9.18. The van der Waals surface area contributed by atoms with Gasteiger partial charge >= 0.3 is 0 Å². The second-order valence-corrected chi connectivity index (χ2v) is 16.2. The third-order valence-electron chi connectivity index (χ3n) is 12.4. The highest BCUT2D eigenvalue weighted by Crippen LogP contribution is 2.45. The SMILES string of the molecule is Cc1c2c(-c3ccc(C#N)cc3)nc3cc(-c4ccc(-c5nc(-c6ccccc6)nc(-c6ccccc6)n5)cc4)ccc3c2c(C)c2c(C3=CCC(C#N)C=C3)nc3ccccc3c12. The Morgan fingerprint density at radius 3 is 1.58 bits per heavy atom. The molecular formula is C57H37N7. The predicted octanol–water partition coefficient (Wildman–Crippen LogP) is 13.6.